The van der Waals surface area contributed by atoms with Gasteiger partial charge in [-0.05, 0) is 85.3 Å². The van der Waals surface area contributed by atoms with Gasteiger partial charge < -0.3 is 15.3 Å². The van der Waals surface area contributed by atoms with Crippen LogP contribution in [0.15, 0.2) is 41.3 Å². The van der Waals surface area contributed by atoms with Crippen molar-refractivity contribution in [3.05, 3.63) is 52.5 Å². The molecule has 13 heteroatoms. The van der Waals surface area contributed by atoms with Crippen molar-refractivity contribution in [1.29, 1.82) is 0 Å². The van der Waals surface area contributed by atoms with Gasteiger partial charge in [0.15, 0.2) is 0 Å². The third-order valence-electron chi connectivity index (χ3n) is 8.40. The number of aryl methyl sites for hydroxylation is 1. The average Bonchev–Trinajstić information content (AvgIpc) is 3.42. The highest BCUT2D eigenvalue weighted by Gasteiger charge is 2.35. The molecule has 238 valence electrons. The molecule has 0 aliphatic carbocycles. The van der Waals surface area contributed by atoms with E-state index in [4.69, 9.17) is 0 Å². The quantitative estimate of drug-likeness (QED) is 0.239. The van der Waals surface area contributed by atoms with Crippen molar-refractivity contribution in [1.82, 2.24) is 14.6 Å². The molecule has 44 heavy (non-hydrogen) atoms. The molecule has 1 saturated heterocycles. The molecule has 0 saturated carbocycles. The molecule has 1 fully saturated rings. The topological polar surface area (TPSA) is 129 Å². The van der Waals surface area contributed by atoms with E-state index in [1.807, 2.05) is 36.6 Å². The van der Waals surface area contributed by atoms with Gasteiger partial charge in [-0.1, -0.05) is 18.2 Å². The number of rotatable bonds is 13. The number of carbonyl (C=O) groups is 2. The molecule has 2 aromatic carbocycles. The van der Waals surface area contributed by atoms with Crippen LogP contribution in [0.3, 0.4) is 0 Å². The summed E-state index contributed by atoms with van der Waals surface area (Å²) in [5.74, 6) is 0.150. The van der Waals surface area contributed by atoms with Crippen LogP contribution in [0, 0.1) is 11.8 Å². The number of piperidine rings is 1. The molecule has 2 atom stereocenters. The van der Waals surface area contributed by atoms with Gasteiger partial charge in [0, 0.05) is 32.5 Å². The summed E-state index contributed by atoms with van der Waals surface area (Å²) in [6.45, 7) is 1.12. The van der Waals surface area contributed by atoms with Crippen LogP contribution in [0.4, 0.5) is 10.1 Å². The highest BCUT2D eigenvalue weighted by Crippen LogP contribution is 2.35. The summed E-state index contributed by atoms with van der Waals surface area (Å²) in [5, 5.41) is 13.3. The molecule has 2 aliphatic rings. The van der Waals surface area contributed by atoms with Crippen molar-refractivity contribution in [3.63, 3.8) is 0 Å². The summed E-state index contributed by atoms with van der Waals surface area (Å²) in [7, 11) is -4.23. The minimum Gasteiger partial charge on any atom is -0.481 e. The van der Waals surface area contributed by atoms with Crippen molar-refractivity contribution < 1.29 is 27.5 Å². The number of amides is 1. The van der Waals surface area contributed by atoms with Gasteiger partial charge in [-0.25, -0.2) is 13.4 Å². The van der Waals surface area contributed by atoms with Crippen molar-refractivity contribution >= 4 is 60.9 Å². The number of hydrogen-bond acceptors (Lipinski definition) is 8. The third kappa shape index (κ3) is 7.91. The van der Waals surface area contributed by atoms with Gasteiger partial charge in [-0.15, -0.1) is 11.3 Å². The zero-order valence-electron chi connectivity index (χ0n) is 24.8. The first-order valence-electron chi connectivity index (χ1n) is 15.0. The zero-order valence-corrected chi connectivity index (χ0v) is 27.2. The lowest BCUT2D eigenvalue weighted by atomic mass is 9.93. The molecule has 2 aliphatic heterocycles. The maximum Gasteiger partial charge on any atom is 0.303 e. The van der Waals surface area contributed by atoms with E-state index >= 15 is 0 Å². The molecule has 1 amide bonds. The van der Waals surface area contributed by atoms with Crippen LogP contribution in [0.25, 0.3) is 10.2 Å². The van der Waals surface area contributed by atoms with Gasteiger partial charge in [-0.3, -0.25) is 14.0 Å². The zero-order chi connectivity index (χ0) is 31.3. The highest BCUT2D eigenvalue weighted by molar-refractivity contribution is 7.98. The number of carboxylic acids is 1. The second kappa shape index (κ2) is 14.6. The minimum absolute atomic E-state index is 0.0294. The number of anilines is 1. The summed E-state index contributed by atoms with van der Waals surface area (Å²) >= 11 is 3.16. The number of aliphatic carboxylic acids is 1. The van der Waals surface area contributed by atoms with E-state index in [0.717, 1.165) is 21.5 Å². The number of halogens is 1. The standard InChI is InChI=1S/C31H39FN4O5S3/c1-42-19-22-15-23-14-21(6-7-29(37)38)16-27(30(23)33-18-22)44(40,41)35-25(17-28-34-24-4-2-3-5-26(24)43-28)31(39)36-12-9-20(8-11-32)10-13-36/h2-5,14,16,20,22,25,33,35H,6-13,15,17-19H2,1H3,(H,37,38). The number of alkyl halides is 1. The van der Waals surface area contributed by atoms with Gasteiger partial charge in [0.25, 0.3) is 0 Å². The van der Waals surface area contributed by atoms with Crippen molar-refractivity contribution in [2.75, 3.05) is 43.6 Å². The second-order valence-electron chi connectivity index (χ2n) is 11.6. The Balaban J connectivity index is 1.46. The number of nitrogens with zero attached hydrogens (tertiary/aromatic N) is 2. The summed E-state index contributed by atoms with van der Waals surface area (Å²) < 4.78 is 45.0. The van der Waals surface area contributed by atoms with Gasteiger partial charge >= 0.3 is 5.97 Å². The Bertz CT molecular complexity index is 1560. The number of carbonyl (C=O) groups excluding carboxylic acids is 1. The first-order chi connectivity index (χ1) is 21.2. The number of sulfonamides is 1. The molecule has 9 nitrogen and oxygen atoms in total. The SMILES string of the molecule is CSCC1CNc2c(cc(CCC(=O)O)cc2S(=O)(=O)NC(Cc2nc3ccccc3s2)C(=O)N2CCC(CCF)CC2)C1. The molecule has 3 N–H and O–H groups in total. The second-order valence-corrected chi connectivity index (χ2v) is 15.3. The number of nitrogens with one attached hydrogen (secondary N) is 2. The first-order valence-corrected chi connectivity index (χ1v) is 18.7. The molecular weight excluding hydrogens is 624 g/mol. The van der Waals surface area contributed by atoms with Crippen LogP contribution in [0.1, 0.15) is 41.8 Å². The van der Waals surface area contributed by atoms with Crippen molar-refractivity contribution in [2.45, 2.75) is 55.9 Å². The molecule has 0 bridgehead atoms. The maximum absolute atomic E-state index is 14.2. The van der Waals surface area contributed by atoms with E-state index in [1.54, 1.807) is 16.7 Å². The summed E-state index contributed by atoms with van der Waals surface area (Å²) in [4.78, 5) is 31.7. The number of carboxylic acid groups (broad SMARTS) is 1. The van der Waals surface area contributed by atoms with E-state index in [9.17, 15) is 27.5 Å². The van der Waals surface area contributed by atoms with Gasteiger partial charge in [0.05, 0.1) is 27.6 Å². The monoisotopic (exact) mass is 662 g/mol. The molecule has 1 aromatic heterocycles. The summed E-state index contributed by atoms with van der Waals surface area (Å²) in [5.41, 5.74) is 2.76. The third-order valence-corrected chi connectivity index (χ3v) is 11.8. The number of aromatic nitrogens is 1. The normalized spacial score (nSPS) is 18.1. The van der Waals surface area contributed by atoms with Crippen molar-refractivity contribution in [3.8, 4) is 0 Å². The Kier molecular flexibility index (Phi) is 10.8. The van der Waals surface area contributed by atoms with E-state index in [1.165, 1.54) is 17.4 Å². The fourth-order valence-corrected chi connectivity index (χ4v) is 9.30. The van der Waals surface area contributed by atoms with Crippen LogP contribution in [0.5, 0.6) is 0 Å². The fourth-order valence-electron chi connectivity index (χ4n) is 6.12. The Morgan fingerprint density at radius 1 is 1.23 bits per heavy atom. The summed E-state index contributed by atoms with van der Waals surface area (Å²) in [6, 6.07) is 9.97. The van der Waals surface area contributed by atoms with Gasteiger partial charge in [-0.2, -0.15) is 16.5 Å². The van der Waals surface area contributed by atoms with E-state index in [-0.39, 0.29) is 42.7 Å². The minimum atomic E-state index is -4.23. The Morgan fingerprint density at radius 2 is 2.00 bits per heavy atom. The maximum atomic E-state index is 14.2. The lowest BCUT2D eigenvalue weighted by Gasteiger charge is -2.34. The molecule has 0 radical (unpaired) electrons. The van der Waals surface area contributed by atoms with Crippen LogP contribution in [-0.4, -0.2) is 79.6 Å². The summed E-state index contributed by atoms with van der Waals surface area (Å²) in [6.07, 6.45) is 4.70. The lowest BCUT2D eigenvalue weighted by molar-refractivity contribution is -0.137. The highest BCUT2D eigenvalue weighted by atomic mass is 32.2. The largest absolute Gasteiger partial charge is 0.481 e. The van der Waals surface area contributed by atoms with Crippen LogP contribution < -0.4 is 10.0 Å². The number of para-hydroxylation sites is 1. The number of thiazole rings is 1. The van der Waals surface area contributed by atoms with Crippen LogP contribution >= 0.6 is 23.1 Å². The Hall–Kier alpha value is -2.74. The number of fused-ring (bicyclic) bond motifs is 2. The van der Waals surface area contributed by atoms with E-state index in [2.05, 4.69) is 15.0 Å². The number of hydrogen-bond donors (Lipinski definition) is 3. The molecule has 3 heterocycles. The molecule has 0 spiro atoms. The number of thioether (sulfide) groups is 1. The van der Waals surface area contributed by atoms with E-state index < -0.39 is 22.0 Å². The molecule has 3 aromatic rings. The predicted octanol–water partition coefficient (Wildman–Crippen LogP) is 4.75. The molecular formula is C31H39FN4O5S3. The van der Waals surface area contributed by atoms with Crippen LogP contribution in [-0.2, 0) is 38.9 Å². The van der Waals surface area contributed by atoms with Crippen molar-refractivity contribution in [2.24, 2.45) is 11.8 Å². The van der Waals surface area contributed by atoms with Gasteiger partial charge in [0.2, 0.25) is 15.9 Å². The smallest absolute Gasteiger partial charge is 0.303 e. The number of benzene rings is 2. The Morgan fingerprint density at radius 3 is 2.70 bits per heavy atom. The predicted molar refractivity (Wildman–Crippen MR) is 174 cm³/mol. The van der Waals surface area contributed by atoms with E-state index in [0.29, 0.717) is 67.5 Å². The van der Waals surface area contributed by atoms with Gasteiger partial charge in [0.1, 0.15) is 10.9 Å². The Labute approximate surface area is 266 Å². The fraction of sp³-hybridized carbons (Fsp3) is 0.516. The molecule has 2 unspecified atom stereocenters. The molecule has 5 rings (SSSR count). The lowest BCUT2D eigenvalue weighted by Crippen LogP contribution is -2.51. The van der Waals surface area contributed by atoms with Crippen LogP contribution in [0.2, 0.25) is 0 Å². The number of likely N-dealkylation sites (tertiary alicyclic amines) is 1. The average molecular weight is 663 g/mol. The first kappa shape index (κ1) is 32.6.